The van der Waals surface area contributed by atoms with Crippen LogP contribution >= 0.6 is 0 Å². The van der Waals surface area contributed by atoms with Gasteiger partial charge in [0.05, 0.1) is 6.04 Å². The second kappa shape index (κ2) is 13.1. The molecule has 3 heteroatoms. The fourth-order valence-corrected chi connectivity index (χ4v) is 2.63. The second-order valence-corrected chi connectivity index (χ2v) is 6.68. The van der Waals surface area contributed by atoms with Gasteiger partial charge in [0, 0.05) is 13.1 Å². The predicted octanol–water partition coefficient (Wildman–Crippen LogP) is 4.35. The third-order valence-corrected chi connectivity index (χ3v) is 3.92. The Labute approximate surface area is 132 Å². The number of rotatable bonds is 13. The molecule has 2 N–H and O–H groups in total. The highest BCUT2D eigenvalue weighted by Crippen LogP contribution is 2.10. The highest BCUT2D eigenvalue weighted by atomic mass is 16.2. The lowest BCUT2D eigenvalue weighted by Crippen LogP contribution is -2.45. The van der Waals surface area contributed by atoms with Gasteiger partial charge in [-0.1, -0.05) is 66.2 Å². The first-order valence-electron chi connectivity index (χ1n) is 9.07. The monoisotopic (exact) mass is 298 g/mol. The average Bonchev–Trinajstić information content (AvgIpc) is 2.44. The first-order chi connectivity index (χ1) is 10.0. The van der Waals surface area contributed by atoms with E-state index in [1.807, 2.05) is 4.90 Å². The number of nitrogens with zero attached hydrogens (tertiary/aromatic N) is 1. The fourth-order valence-electron chi connectivity index (χ4n) is 2.63. The van der Waals surface area contributed by atoms with Gasteiger partial charge < -0.3 is 10.6 Å². The standard InChI is InChI=1S/C18H38N2O/c1-5-7-9-11-13-20(14-12-10-8-6-2)18(21)17(19)15-16(3)4/h16-17H,5-15,19H2,1-4H3. The third kappa shape index (κ3) is 10.8. The lowest BCUT2D eigenvalue weighted by atomic mass is 10.0. The van der Waals surface area contributed by atoms with E-state index in [1.165, 1.54) is 38.5 Å². The zero-order chi connectivity index (χ0) is 16.1. The zero-order valence-corrected chi connectivity index (χ0v) is 14.9. The van der Waals surface area contributed by atoms with Crippen LogP contribution in [0, 0.1) is 5.92 Å². The Kier molecular flexibility index (Phi) is 12.8. The third-order valence-electron chi connectivity index (χ3n) is 3.92. The van der Waals surface area contributed by atoms with Gasteiger partial charge in [-0.15, -0.1) is 0 Å². The van der Waals surface area contributed by atoms with Crippen molar-refractivity contribution in [2.45, 2.75) is 91.5 Å². The number of unbranched alkanes of at least 4 members (excludes halogenated alkanes) is 6. The zero-order valence-electron chi connectivity index (χ0n) is 14.9. The number of nitrogens with two attached hydrogens (primary N) is 1. The maximum atomic E-state index is 12.5. The molecule has 0 spiro atoms. The normalized spacial score (nSPS) is 12.7. The van der Waals surface area contributed by atoms with Gasteiger partial charge in [-0.25, -0.2) is 0 Å². The molecule has 0 aliphatic carbocycles. The summed E-state index contributed by atoms with van der Waals surface area (Å²) in [6.07, 6.45) is 10.4. The number of amides is 1. The molecule has 0 saturated heterocycles. The lowest BCUT2D eigenvalue weighted by molar-refractivity contribution is -0.133. The molecule has 3 nitrogen and oxygen atoms in total. The van der Waals surface area contributed by atoms with Gasteiger partial charge in [0.15, 0.2) is 0 Å². The van der Waals surface area contributed by atoms with Crippen LogP contribution in [0.1, 0.15) is 85.5 Å². The molecule has 0 bridgehead atoms. The fraction of sp³-hybridized carbons (Fsp3) is 0.944. The smallest absolute Gasteiger partial charge is 0.239 e. The summed E-state index contributed by atoms with van der Waals surface area (Å²) in [7, 11) is 0. The highest BCUT2D eigenvalue weighted by molar-refractivity contribution is 5.81. The summed E-state index contributed by atoms with van der Waals surface area (Å²) in [5, 5.41) is 0. The Morgan fingerprint density at radius 2 is 1.38 bits per heavy atom. The Morgan fingerprint density at radius 3 is 1.76 bits per heavy atom. The molecule has 21 heavy (non-hydrogen) atoms. The second-order valence-electron chi connectivity index (χ2n) is 6.68. The molecule has 0 aromatic rings. The number of carbonyl (C=O) groups is 1. The molecule has 0 aliphatic heterocycles. The van der Waals surface area contributed by atoms with E-state index < -0.39 is 0 Å². The highest BCUT2D eigenvalue weighted by Gasteiger charge is 2.21. The minimum absolute atomic E-state index is 0.164. The molecule has 1 atom stereocenters. The summed E-state index contributed by atoms with van der Waals surface area (Å²) in [6.45, 7) is 10.5. The number of hydrogen-bond acceptors (Lipinski definition) is 2. The van der Waals surface area contributed by atoms with Gasteiger partial charge >= 0.3 is 0 Å². The van der Waals surface area contributed by atoms with E-state index in [1.54, 1.807) is 0 Å². The molecule has 0 radical (unpaired) electrons. The van der Waals surface area contributed by atoms with E-state index in [-0.39, 0.29) is 11.9 Å². The minimum Gasteiger partial charge on any atom is -0.341 e. The van der Waals surface area contributed by atoms with E-state index in [0.29, 0.717) is 5.92 Å². The molecular formula is C18H38N2O. The predicted molar refractivity (Wildman–Crippen MR) is 92.3 cm³/mol. The van der Waals surface area contributed by atoms with Crippen LogP contribution in [0.4, 0.5) is 0 Å². The first kappa shape index (κ1) is 20.4. The van der Waals surface area contributed by atoms with Crippen LogP contribution in [-0.2, 0) is 4.79 Å². The van der Waals surface area contributed by atoms with Gasteiger partial charge in [-0.3, -0.25) is 4.79 Å². The van der Waals surface area contributed by atoms with Crippen LogP contribution in [0.15, 0.2) is 0 Å². The van der Waals surface area contributed by atoms with Gasteiger partial charge in [-0.2, -0.15) is 0 Å². The largest absolute Gasteiger partial charge is 0.341 e. The van der Waals surface area contributed by atoms with Gasteiger partial charge in [0.2, 0.25) is 5.91 Å². The van der Waals surface area contributed by atoms with E-state index in [2.05, 4.69) is 27.7 Å². The van der Waals surface area contributed by atoms with Crippen LogP contribution < -0.4 is 5.73 Å². The molecule has 0 aliphatic rings. The van der Waals surface area contributed by atoms with Gasteiger partial charge in [0.1, 0.15) is 0 Å². The van der Waals surface area contributed by atoms with Crippen molar-refractivity contribution in [1.29, 1.82) is 0 Å². The van der Waals surface area contributed by atoms with Crippen LogP contribution in [0.2, 0.25) is 0 Å². The molecule has 0 fully saturated rings. The van der Waals surface area contributed by atoms with Crippen molar-refractivity contribution in [3.8, 4) is 0 Å². The van der Waals surface area contributed by atoms with E-state index in [0.717, 1.165) is 32.4 Å². The van der Waals surface area contributed by atoms with Crippen molar-refractivity contribution in [2.24, 2.45) is 11.7 Å². The molecule has 0 rings (SSSR count). The van der Waals surface area contributed by atoms with Crippen LogP contribution in [0.25, 0.3) is 0 Å². The summed E-state index contributed by atoms with van der Waals surface area (Å²) in [4.78, 5) is 14.5. The number of hydrogen-bond donors (Lipinski definition) is 1. The SMILES string of the molecule is CCCCCCN(CCCCCC)C(=O)C(N)CC(C)C. The molecule has 1 amide bonds. The summed E-state index contributed by atoms with van der Waals surface area (Å²) in [5.74, 6) is 0.641. The summed E-state index contributed by atoms with van der Waals surface area (Å²) < 4.78 is 0. The van der Waals surface area contributed by atoms with Gasteiger partial charge in [-0.05, 0) is 25.2 Å². The molecule has 0 aromatic heterocycles. The quantitative estimate of drug-likeness (QED) is 0.514. The van der Waals surface area contributed by atoms with E-state index in [9.17, 15) is 4.79 Å². The maximum absolute atomic E-state index is 12.5. The Balaban J connectivity index is 4.28. The Bertz CT molecular complexity index is 242. The first-order valence-corrected chi connectivity index (χ1v) is 9.07. The lowest BCUT2D eigenvalue weighted by Gasteiger charge is -2.26. The van der Waals surface area contributed by atoms with Crippen molar-refractivity contribution in [1.82, 2.24) is 4.90 Å². The van der Waals surface area contributed by atoms with Crippen molar-refractivity contribution < 1.29 is 4.79 Å². The summed E-state index contributed by atoms with van der Waals surface area (Å²) >= 11 is 0. The molecule has 1 unspecified atom stereocenters. The Morgan fingerprint density at radius 1 is 0.905 bits per heavy atom. The minimum atomic E-state index is -0.317. The summed E-state index contributed by atoms with van der Waals surface area (Å²) in [5.41, 5.74) is 6.09. The van der Waals surface area contributed by atoms with E-state index in [4.69, 9.17) is 5.73 Å². The Hall–Kier alpha value is -0.570. The average molecular weight is 299 g/mol. The van der Waals surface area contributed by atoms with Crippen LogP contribution in [0.3, 0.4) is 0 Å². The van der Waals surface area contributed by atoms with Gasteiger partial charge in [0.25, 0.3) is 0 Å². The van der Waals surface area contributed by atoms with Crippen LogP contribution in [0.5, 0.6) is 0 Å². The molecule has 0 heterocycles. The van der Waals surface area contributed by atoms with Crippen molar-refractivity contribution in [3.05, 3.63) is 0 Å². The van der Waals surface area contributed by atoms with Crippen molar-refractivity contribution in [3.63, 3.8) is 0 Å². The topological polar surface area (TPSA) is 46.3 Å². The molecule has 0 saturated carbocycles. The molecular weight excluding hydrogens is 260 g/mol. The number of carbonyl (C=O) groups excluding carboxylic acids is 1. The van der Waals surface area contributed by atoms with E-state index >= 15 is 0 Å². The summed E-state index contributed by atoms with van der Waals surface area (Å²) in [6, 6.07) is -0.317. The maximum Gasteiger partial charge on any atom is 0.239 e. The van der Waals surface area contributed by atoms with Crippen LogP contribution in [-0.4, -0.2) is 29.9 Å². The van der Waals surface area contributed by atoms with Crippen molar-refractivity contribution in [2.75, 3.05) is 13.1 Å². The molecule has 0 aromatic carbocycles. The molecule has 126 valence electrons. The van der Waals surface area contributed by atoms with Crippen molar-refractivity contribution >= 4 is 5.91 Å².